The van der Waals surface area contributed by atoms with E-state index >= 15 is 0 Å². The smallest absolute Gasteiger partial charge is 0.212 e. The Morgan fingerprint density at radius 2 is 1.83 bits per heavy atom. The van der Waals surface area contributed by atoms with E-state index in [2.05, 4.69) is 0 Å². The molecule has 0 amide bonds. The van der Waals surface area contributed by atoms with Crippen LogP contribution in [0.1, 0.15) is 52.4 Å². The molecule has 3 nitrogen and oxygen atoms in total. The Morgan fingerprint density at radius 3 is 2.33 bits per heavy atom. The first-order valence-electron chi connectivity index (χ1n) is 7.03. The molecule has 0 unspecified atom stereocenters. The van der Waals surface area contributed by atoms with E-state index in [0.717, 1.165) is 19.3 Å². The van der Waals surface area contributed by atoms with Crippen LogP contribution in [0, 0.1) is 5.92 Å². The molecule has 0 aromatic rings. The Hall–Kier alpha value is 0.200. The first kappa shape index (κ1) is 16.3. The van der Waals surface area contributed by atoms with E-state index < -0.39 is 10.0 Å². The molecule has 18 heavy (non-hydrogen) atoms. The van der Waals surface area contributed by atoms with Gasteiger partial charge < -0.3 is 0 Å². The average molecular weight is 296 g/mol. The van der Waals surface area contributed by atoms with Crippen LogP contribution < -0.4 is 0 Å². The minimum Gasteiger partial charge on any atom is -0.212 e. The van der Waals surface area contributed by atoms with Crippen molar-refractivity contribution in [3.05, 3.63) is 0 Å². The van der Waals surface area contributed by atoms with Crippen LogP contribution in [-0.2, 0) is 10.0 Å². The molecule has 0 N–H and O–H groups in total. The number of rotatable bonds is 7. The van der Waals surface area contributed by atoms with E-state index in [1.165, 1.54) is 19.3 Å². The summed E-state index contributed by atoms with van der Waals surface area (Å²) in [5.41, 5.74) is 0. The summed E-state index contributed by atoms with van der Waals surface area (Å²) in [5.74, 6) is 1.20. The molecule has 1 aliphatic rings. The van der Waals surface area contributed by atoms with Crippen molar-refractivity contribution in [3.63, 3.8) is 0 Å². The van der Waals surface area contributed by atoms with Crippen LogP contribution >= 0.6 is 11.6 Å². The van der Waals surface area contributed by atoms with Gasteiger partial charge in [0.1, 0.15) is 0 Å². The lowest BCUT2D eigenvalue weighted by molar-refractivity contribution is 0.337. The largest absolute Gasteiger partial charge is 0.214 e. The molecule has 108 valence electrons. The third-order valence-electron chi connectivity index (χ3n) is 3.62. The lowest BCUT2D eigenvalue weighted by Crippen LogP contribution is -2.41. The Bertz CT molecular complexity index is 324. The second kappa shape index (κ2) is 7.71. The van der Waals surface area contributed by atoms with E-state index in [0.29, 0.717) is 24.1 Å². The standard InChI is InChI=1S/C13H26ClNO2S/c1-12(2)15(10-6-9-14)18(16,17)11-13-7-4-3-5-8-13/h12-13H,3-11H2,1-2H3. The van der Waals surface area contributed by atoms with Crippen LogP contribution in [0.15, 0.2) is 0 Å². The summed E-state index contributed by atoms with van der Waals surface area (Å²) in [4.78, 5) is 0. The van der Waals surface area contributed by atoms with E-state index in [9.17, 15) is 8.42 Å². The third-order valence-corrected chi connectivity index (χ3v) is 6.10. The summed E-state index contributed by atoms with van der Waals surface area (Å²) in [5, 5.41) is 0. The van der Waals surface area contributed by atoms with Gasteiger partial charge in [0.15, 0.2) is 0 Å². The molecule has 0 spiro atoms. The molecule has 0 bridgehead atoms. The minimum atomic E-state index is -3.12. The lowest BCUT2D eigenvalue weighted by atomic mass is 9.91. The van der Waals surface area contributed by atoms with Crippen LogP contribution in [0.3, 0.4) is 0 Å². The fourth-order valence-electron chi connectivity index (χ4n) is 2.68. The van der Waals surface area contributed by atoms with Crippen LogP contribution in [0.2, 0.25) is 0 Å². The normalized spacial score (nSPS) is 18.7. The average Bonchev–Trinajstić information content (AvgIpc) is 2.29. The maximum absolute atomic E-state index is 12.4. The second-order valence-electron chi connectivity index (χ2n) is 5.53. The van der Waals surface area contributed by atoms with Gasteiger partial charge in [0.05, 0.1) is 5.75 Å². The SMILES string of the molecule is CC(C)N(CCCCl)S(=O)(=O)CC1CCCCC1. The highest BCUT2D eigenvalue weighted by molar-refractivity contribution is 7.89. The van der Waals surface area contributed by atoms with E-state index in [1.807, 2.05) is 13.8 Å². The third kappa shape index (κ3) is 5.06. The summed E-state index contributed by atoms with van der Waals surface area (Å²) in [6.07, 6.45) is 6.49. The molecule has 0 saturated heterocycles. The van der Waals surface area contributed by atoms with E-state index in [4.69, 9.17) is 11.6 Å². The molecule has 1 aliphatic carbocycles. The highest BCUT2D eigenvalue weighted by atomic mass is 35.5. The Balaban J connectivity index is 2.62. The van der Waals surface area contributed by atoms with Gasteiger partial charge in [-0.1, -0.05) is 19.3 Å². The molecular formula is C13H26ClNO2S. The number of halogens is 1. The summed E-state index contributed by atoms with van der Waals surface area (Å²) in [6, 6.07) is 0.0295. The zero-order valence-electron chi connectivity index (χ0n) is 11.6. The van der Waals surface area contributed by atoms with Gasteiger partial charge in [-0.05, 0) is 39.0 Å². The van der Waals surface area contributed by atoms with Crippen molar-refractivity contribution in [2.45, 2.75) is 58.4 Å². The number of hydrogen-bond donors (Lipinski definition) is 0. The first-order valence-corrected chi connectivity index (χ1v) is 9.17. The first-order chi connectivity index (χ1) is 8.47. The van der Waals surface area contributed by atoms with Gasteiger partial charge >= 0.3 is 0 Å². The van der Waals surface area contributed by atoms with Gasteiger partial charge in [-0.2, -0.15) is 4.31 Å². The van der Waals surface area contributed by atoms with Crippen LogP contribution in [0.4, 0.5) is 0 Å². The summed E-state index contributed by atoms with van der Waals surface area (Å²) < 4.78 is 26.5. The zero-order chi connectivity index (χ0) is 13.6. The fraction of sp³-hybridized carbons (Fsp3) is 1.00. The van der Waals surface area contributed by atoms with E-state index in [-0.39, 0.29) is 6.04 Å². The molecule has 1 rings (SSSR count). The van der Waals surface area contributed by atoms with E-state index in [1.54, 1.807) is 4.31 Å². The lowest BCUT2D eigenvalue weighted by Gasteiger charge is -2.29. The van der Waals surface area contributed by atoms with Crippen molar-refractivity contribution in [3.8, 4) is 0 Å². The van der Waals surface area contributed by atoms with Crippen molar-refractivity contribution in [2.24, 2.45) is 5.92 Å². The molecule has 0 aromatic carbocycles. The van der Waals surface area contributed by atoms with Crippen molar-refractivity contribution in [1.29, 1.82) is 0 Å². The topological polar surface area (TPSA) is 37.4 Å². The maximum Gasteiger partial charge on any atom is 0.214 e. The maximum atomic E-state index is 12.4. The zero-order valence-corrected chi connectivity index (χ0v) is 13.1. The Labute approximate surface area is 117 Å². The number of sulfonamides is 1. The van der Waals surface area contributed by atoms with Crippen molar-refractivity contribution in [1.82, 2.24) is 4.31 Å². The van der Waals surface area contributed by atoms with Crippen LogP contribution in [0.5, 0.6) is 0 Å². The number of alkyl halides is 1. The molecule has 0 heterocycles. The van der Waals surface area contributed by atoms with Crippen LogP contribution in [0.25, 0.3) is 0 Å². The summed E-state index contributed by atoms with van der Waals surface area (Å²) in [6.45, 7) is 4.43. The number of nitrogens with zero attached hydrogens (tertiary/aromatic N) is 1. The molecule has 5 heteroatoms. The monoisotopic (exact) mass is 295 g/mol. The van der Waals surface area contributed by atoms with Crippen LogP contribution in [-0.4, -0.2) is 36.9 Å². The van der Waals surface area contributed by atoms with Crippen molar-refractivity contribution >= 4 is 21.6 Å². The van der Waals surface area contributed by atoms with Gasteiger partial charge in [0.25, 0.3) is 0 Å². The Kier molecular flexibility index (Phi) is 6.96. The summed E-state index contributed by atoms with van der Waals surface area (Å²) >= 11 is 5.67. The Morgan fingerprint density at radius 1 is 1.22 bits per heavy atom. The highest BCUT2D eigenvalue weighted by Gasteiger charge is 2.28. The molecule has 1 saturated carbocycles. The quantitative estimate of drug-likeness (QED) is 0.676. The molecule has 0 aromatic heterocycles. The summed E-state index contributed by atoms with van der Waals surface area (Å²) in [7, 11) is -3.12. The minimum absolute atomic E-state index is 0.0295. The second-order valence-corrected chi connectivity index (χ2v) is 7.87. The van der Waals surface area contributed by atoms with Gasteiger partial charge in [0.2, 0.25) is 10.0 Å². The fourth-order valence-corrected chi connectivity index (χ4v) is 4.97. The highest BCUT2D eigenvalue weighted by Crippen LogP contribution is 2.26. The predicted molar refractivity (Wildman–Crippen MR) is 77.5 cm³/mol. The molecule has 1 fully saturated rings. The van der Waals surface area contributed by atoms with Gasteiger partial charge in [-0.25, -0.2) is 8.42 Å². The van der Waals surface area contributed by atoms with Gasteiger partial charge in [-0.15, -0.1) is 11.6 Å². The van der Waals surface area contributed by atoms with Gasteiger partial charge in [0, 0.05) is 18.5 Å². The molecular weight excluding hydrogens is 270 g/mol. The van der Waals surface area contributed by atoms with Crippen molar-refractivity contribution < 1.29 is 8.42 Å². The van der Waals surface area contributed by atoms with Crippen molar-refractivity contribution in [2.75, 3.05) is 18.2 Å². The molecule has 0 atom stereocenters. The predicted octanol–water partition coefficient (Wildman–Crippen LogP) is 3.24. The molecule has 0 aliphatic heterocycles. The number of hydrogen-bond acceptors (Lipinski definition) is 2. The molecule has 0 radical (unpaired) electrons. The van der Waals surface area contributed by atoms with Gasteiger partial charge in [-0.3, -0.25) is 0 Å².